The van der Waals surface area contributed by atoms with Gasteiger partial charge >= 0.3 is 17.1 Å². The largest absolute Gasteiger partial charge is 3.00 e. The van der Waals surface area contributed by atoms with Gasteiger partial charge in [-0.25, -0.2) is 9.97 Å². The quantitative estimate of drug-likeness (QED) is 0.257. The van der Waals surface area contributed by atoms with Crippen molar-refractivity contribution in [1.82, 2.24) is 9.97 Å². The smallest absolute Gasteiger partial charge is 1.00 e. The number of pyridine rings is 2. The molecule has 2 aromatic heterocycles. The first kappa shape index (κ1) is 31.7. The summed E-state index contributed by atoms with van der Waals surface area (Å²) >= 11 is 0. The predicted molar refractivity (Wildman–Crippen MR) is 120 cm³/mol. The van der Waals surface area contributed by atoms with E-state index in [-0.39, 0.29) is 65.8 Å². The number of hydrogen-bond acceptors (Lipinski definition) is 4. The van der Waals surface area contributed by atoms with Gasteiger partial charge in [-0.2, -0.15) is 0 Å². The Morgan fingerprint density at radius 2 is 0.912 bits per heavy atom. The minimum atomic E-state index is 0. The molecular formula is C26H24Cl3MnN2O2. The second-order valence-electron chi connectivity index (χ2n) is 7.23. The Kier molecular flexibility index (Phi) is 13.3. The molecule has 2 heterocycles. The molecule has 0 aliphatic rings. The van der Waals surface area contributed by atoms with E-state index in [0.717, 1.165) is 24.0 Å². The van der Waals surface area contributed by atoms with Crippen molar-refractivity contribution in [2.24, 2.45) is 0 Å². The van der Waals surface area contributed by atoms with Gasteiger partial charge in [-0.05, 0) is 72.5 Å². The van der Waals surface area contributed by atoms with Crippen molar-refractivity contribution in [2.75, 3.05) is 0 Å². The molecule has 0 unspecified atom stereocenters. The molecule has 0 amide bonds. The number of hydrogen-bond donors (Lipinski definition) is 2. The molecule has 0 aliphatic carbocycles. The Labute approximate surface area is 229 Å². The number of aromatic nitrogens is 2. The van der Waals surface area contributed by atoms with Gasteiger partial charge in [0.25, 0.3) is 0 Å². The number of nitrogens with zero attached hydrogens (tertiary/aromatic N) is 2. The minimum absolute atomic E-state index is 0. The van der Waals surface area contributed by atoms with Crippen LogP contribution in [0, 0.1) is 0 Å². The third kappa shape index (κ3) is 6.88. The van der Waals surface area contributed by atoms with Crippen LogP contribution >= 0.6 is 0 Å². The Morgan fingerprint density at radius 3 is 1.26 bits per heavy atom. The zero-order chi connectivity index (χ0) is 21.1. The zero-order valence-corrected chi connectivity index (χ0v) is 22.1. The second kappa shape index (κ2) is 14.2. The topological polar surface area (TPSA) is 66.2 Å². The first-order valence-electron chi connectivity index (χ1n) is 10.2. The third-order valence-corrected chi connectivity index (χ3v) is 5.25. The molecule has 0 atom stereocenters. The Hall–Kier alpha value is -2.27. The number of halogens is 3. The van der Waals surface area contributed by atoms with Crippen LogP contribution in [0.3, 0.4) is 0 Å². The van der Waals surface area contributed by atoms with E-state index in [1.54, 1.807) is 12.1 Å². The van der Waals surface area contributed by atoms with Gasteiger partial charge in [0.2, 0.25) is 0 Å². The Bertz CT molecular complexity index is 1130. The van der Waals surface area contributed by atoms with Crippen molar-refractivity contribution in [3.8, 4) is 45.4 Å². The molecular weight excluding hydrogens is 534 g/mol. The maximum Gasteiger partial charge on any atom is 3.00 e. The maximum absolute atomic E-state index is 10.3. The molecule has 8 heteroatoms. The molecule has 0 spiro atoms. The van der Waals surface area contributed by atoms with Crippen molar-refractivity contribution in [2.45, 2.75) is 26.7 Å². The van der Waals surface area contributed by atoms with Crippen molar-refractivity contribution in [3.05, 3.63) is 83.9 Å². The number of phenols is 2. The van der Waals surface area contributed by atoms with Gasteiger partial charge in [0, 0.05) is 11.1 Å². The third-order valence-electron chi connectivity index (χ3n) is 5.25. The Morgan fingerprint density at radius 1 is 0.559 bits per heavy atom. The minimum Gasteiger partial charge on any atom is -1.00 e. The van der Waals surface area contributed by atoms with E-state index >= 15 is 0 Å². The van der Waals surface area contributed by atoms with Crippen LogP contribution in [0.4, 0.5) is 0 Å². The van der Waals surface area contributed by atoms with E-state index in [2.05, 4.69) is 13.8 Å². The van der Waals surface area contributed by atoms with Crippen LogP contribution in [0.25, 0.3) is 33.9 Å². The Balaban J connectivity index is 0.00000272. The number of aryl methyl sites for hydroxylation is 2. The van der Waals surface area contributed by atoms with Gasteiger partial charge in [-0.15, -0.1) is 0 Å². The molecule has 0 bridgehead atoms. The molecule has 2 aromatic carbocycles. The number of benzene rings is 2. The summed E-state index contributed by atoms with van der Waals surface area (Å²) in [5.74, 6) is 0.416. The summed E-state index contributed by atoms with van der Waals surface area (Å²) in [6.45, 7) is 4.16. The fourth-order valence-electron chi connectivity index (χ4n) is 3.47. The molecule has 0 fully saturated rings. The van der Waals surface area contributed by atoms with Crippen molar-refractivity contribution in [3.63, 3.8) is 0 Å². The van der Waals surface area contributed by atoms with Crippen molar-refractivity contribution >= 4 is 0 Å². The van der Waals surface area contributed by atoms with E-state index < -0.39 is 0 Å². The summed E-state index contributed by atoms with van der Waals surface area (Å²) in [5.41, 5.74) is 6.51. The summed E-state index contributed by atoms with van der Waals surface area (Å²) in [5, 5.41) is 20.7. The van der Waals surface area contributed by atoms with Crippen LogP contribution < -0.4 is 37.2 Å². The van der Waals surface area contributed by atoms with Crippen LogP contribution in [0.2, 0.25) is 0 Å². The van der Waals surface area contributed by atoms with Gasteiger partial charge in [0.15, 0.2) is 0 Å². The molecule has 0 radical (unpaired) electrons. The standard InChI is InChI=1S/C26H24N2O2.3ClH.Mn/c1-3-17-11-13-25(29)19(15-17)21-7-5-9-23(27-21)24-10-6-8-22(28-24)20-16-18(4-2)12-14-26(20)30;;;;/h5-16,29-30H,3-4H2,1-2H3;3*1H;/q;;;;+3/p-3. The first-order valence-corrected chi connectivity index (χ1v) is 10.2. The van der Waals surface area contributed by atoms with Crippen molar-refractivity contribution < 1.29 is 64.5 Å². The molecule has 4 nitrogen and oxygen atoms in total. The number of rotatable bonds is 5. The maximum atomic E-state index is 10.3. The first-order chi connectivity index (χ1) is 14.6. The van der Waals surface area contributed by atoms with E-state index in [0.29, 0.717) is 33.9 Å². The van der Waals surface area contributed by atoms with E-state index in [4.69, 9.17) is 9.97 Å². The van der Waals surface area contributed by atoms with E-state index in [1.165, 1.54) is 0 Å². The molecule has 0 saturated heterocycles. The molecule has 4 rings (SSSR count). The predicted octanol–water partition coefficient (Wildman–Crippen LogP) is -2.98. The van der Waals surface area contributed by atoms with Crippen LogP contribution in [0.5, 0.6) is 11.5 Å². The average Bonchev–Trinajstić information content (AvgIpc) is 2.80. The van der Waals surface area contributed by atoms with Gasteiger partial charge in [0.1, 0.15) is 11.5 Å². The van der Waals surface area contributed by atoms with Crippen LogP contribution in [0.15, 0.2) is 72.8 Å². The number of aromatic hydroxyl groups is 2. The SMILES string of the molecule is CCc1ccc(O)c(-c2cccc(-c3cccc(-c4cc(CC)ccc4O)n3)n2)c1.[Cl-].[Cl-].[Cl-].[Mn+3]. The summed E-state index contributed by atoms with van der Waals surface area (Å²) in [4.78, 5) is 9.51. The monoisotopic (exact) mass is 556 g/mol. The van der Waals surface area contributed by atoms with Gasteiger partial charge in [0.05, 0.1) is 22.8 Å². The fraction of sp³-hybridized carbons (Fsp3) is 0.154. The molecule has 34 heavy (non-hydrogen) atoms. The molecule has 178 valence electrons. The van der Waals surface area contributed by atoms with Gasteiger partial charge < -0.3 is 47.4 Å². The molecule has 2 N–H and O–H groups in total. The second-order valence-corrected chi connectivity index (χ2v) is 7.23. The molecule has 4 aromatic rings. The zero-order valence-electron chi connectivity index (χ0n) is 18.6. The summed E-state index contributed by atoms with van der Waals surface area (Å²) < 4.78 is 0. The summed E-state index contributed by atoms with van der Waals surface area (Å²) in [6.07, 6.45) is 1.77. The van der Waals surface area contributed by atoms with Crippen LogP contribution in [0.1, 0.15) is 25.0 Å². The van der Waals surface area contributed by atoms with Crippen LogP contribution in [-0.2, 0) is 29.9 Å². The summed E-state index contributed by atoms with van der Waals surface area (Å²) in [6, 6.07) is 22.6. The molecule has 0 aliphatic heterocycles. The number of phenolic OH excluding ortho intramolecular Hbond substituents is 2. The van der Waals surface area contributed by atoms with Crippen molar-refractivity contribution in [1.29, 1.82) is 0 Å². The summed E-state index contributed by atoms with van der Waals surface area (Å²) in [7, 11) is 0. The van der Waals surface area contributed by atoms with Gasteiger partial charge in [-0.3, -0.25) is 0 Å². The fourth-order valence-corrected chi connectivity index (χ4v) is 3.47. The van der Waals surface area contributed by atoms with Crippen LogP contribution in [-0.4, -0.2) is 20.2 Å². The van der Waals surface area contributed by atoms with E-state index in [9.17, 15) is 10.2 Å². The van der Waals surface area contributed by atoms with E-state index in [1.807, 2.05) is 60.7 Å². The van der Waals surface area contributed by atoms with Gasteiger partial charge in [-0.1, -0.05) is 38.1 Å². The average molecular weight is 558 g/mol. The molecule has 0 saturated carbocycles. The normalized spacial score (nSPS) is 9.59.